The molecule has 4 nitrogen and oxygen atoms in total. The highest BCUT2D eigenvalue weighted by Crippen LogP contribution is 2.19. The monoisotopic (exact) mass is 242 g/mol. The van der Waals surface area contributed by atoms with Gasteiger partial charge in [-0.2, -0.15) is 0 Å². The van der Waals surface area contributed by atoms with E-state index in [-0.39, 0.29) is 6.10 Å². The van der Waals surface area contributed by atoms with Gasteiger partial charge in [-0.3, -0.25) is 0 Å². The van der Waals surface area contributed by atoms with Crippen LogP contribution in [-0.4, -0.2) is 24.3 Å². The molecular weight excluding hydrogens is 228 g/mol. The third kappa shape index (κ3) is 2.84. The molecule has 0 saturated carbocycles. The second-order valence-electron chi connectivity index (χ2n) is 3.73. The minimum Gasteiger partial charge on any atom is -0.475 e. The number of ether oxygens (including phenoxy) is 2. The number of pyridine rings is 1. The number of hydrogen-bond acceptors (Lipinski definition) is 4. The van der Waals surface area contributed by atoms with E-state index in [1.165, 1.54) is 0 Å². The standard InChI is InChI=1S/C11H15ClN2O2/c12-9-3-4-11(14-10(9)6-13)16-7-8-2-1-5-15-8/h3-4,8H,1-2,5-7,13H2. The molecular formula is C11H15ClN2O2. The first-order valence-corrected chi connectivity index (χ1v) is 5.77. The Balaban J connectivity index is 1.93. The van der Waals surface area contributed by atoms with Crippen LogP contribution in [0.4, 0.5) is 0 Å². The van der Waals surface area contributed by atoms with Gasteiger partial charge in [0.05, 0.1) is 16.8 Å². The topological polar surface area (TPSA) is 57.4 Å². The smallest absolute Gasteiger partial charge is 0.213 e. The molecule has 2 rings (SSSR count). The molecule has 1 aromatic rings. The van der Waals surface area contributed by atoms with Gasteiger partial charge in [0.15, 0.2) is 0 Å². The normalized spacial score (nSPS) is 20.0. The highest BCUT2D eigenvalue weighted by molar-refractivity contribution is 6.31. The first-order valence-electron chi connectivity index (χ1n) is 5.39. The van der Waals surface area contributed by atoms with Crippen LogP contribution in [0.15, 0.2) is 12.1 Å². The second-order valence-corrected chi connectivity index (χ2v) is 4.14. The van der Waals surface area contributed by atoms with E-state index in [0.29, 0.717) is 29.7 Å². The van der Waals surface area contributed by atoms with Crippen LogP contribution in [0.2, 0.25) is 5.02 Å². The number of aromatic nitrogens is 1. The molecule has 5 heteroatoms. The molecule has 0 radical (unpaired) electrons. The van der Waals surface area contributed by atoms with Gasteiger partial charge in [-0.1, -0.05) is 11.6 Å². The highest BCUT2D eigenvalue weighted by Gasteiger charge is 2.16. The van der Waals surface area contributed by atoms with Crippen LogP contribution >= 0.6 is 11.6 Å². The third-order valence-corrected chi connectivity index (χ3v) is 2.87. The van der Waals surface area contributed by atoms with Crippen molar-refractivity contribution in [2.24, 2.45) is 5.73 Å². The van der Waals surface area contributed by atoms with Gasteiger partial charge in [0, 0.05) is 19.2 Å². The lowest BCUT2D eigenvalue weighted by Crippen LogP contribution is -2.17. The molecule has 0 spiro atoms. The van der Waals surface area contributed by atoms with Gasteiger partial charge in [-0.05, 0) is 18.9 Å². The number of hydrogen-bond donors (Lipinski definition) is 1. The molecule has 0 bridgehead atoms. The first kappa shape index (κ1) is 11.6. The lowest BCUT2D eigenvalue weighted by Gasteiger charge is -2.11. The van der Waals surface area contributed by atoms with Gasteiger partial charge < -0.3 is 15.2 Å². The Morgan fingerprint density at radius 2 is 2.44 bits per heavy atom. The Hall–Kier alpha value is -0.840. The zero-order chi connectivity index (χ0) is 11.4. The maximum absolute atomic E-state index is 5.90. The number of halogens is 1. The SMILES string of the molecule is NCc1nc(OCC2CCCO2)ccc1Cl. The van der Waals surface area contributed by atoms with Crippen molar-refractivity contribution in [1.82, 2.24) is 4.98 Å². The molecule has 1 saturated heterocycles. The Labute approximate surface area is 99.7 Å². The Morgan fingerprint density at radius 1 is 1.56 bits per heavy atom. The second kappa shape index (κ2) is 5.48. The average molecular weight is 243 g/mol. The lowest BCUT2D eigenvalue weighted by molar-refractivity contribution is 0.0663. The maximum atomic E-state index is 5.90. The number of nitrogens with zero attached hydrogens (tertiary/aromatic N) is 1. The molecule has 1 aliphatic heterocycles. The molecule has 1 unspecified atom stereocenters. The molecule has 1 aliphatic rings. The summed E-state index contributed by atoms with van der Waals surface area (Å²) in [6.45, 7) is 1.69. The molecule has 0 amide bonds. The van der Waals surface area contributed by atoms with Crippen molar-refractivity contribution in [3.8, 4) is 5.88 Å². The van der Waals surface area contributed by atoms with E-state index in [1.807, 2.05) is 0 Å². The maximum Gasteiger partial charge on any atom is 0.213 e. The lowest BCUT2D eigenvalue weighted by atomic mass is 10.2. The van der Waals surface area contributed by atoms with E-state index < -0.39 is 0 Å². The van der Waals surface area contributed by atoms with Crippen LogP contribution < -0.4 is 10.5 Å². The summed E-state index contributed by atoms with van der Waals surface area (Å²) < 4.78 is 11.0. The van der Waals surface area contributed by atoms with Crippen LogP contribution in [-0.2, 0) is 11.3 Å². The molecule has 2 N–H and O–H groups in total. The van der Waals surface area contributed by atoms with Gasteiger partial charge in [0.2, 0.25) is 5.88 Å². The van der Waals surface area contributed by atoms with E-state index in [0.717, 1.165) is 19.4 Å². The summed E-state index contributed by atoms with van der Waals surface area (Å²) in [5, 5.41) is 0.576. The van der Waals surface area contributed by atoms with Crippen LogP contribution in [0.5, 0.6) is 5.88 Å². The Bertz CT molecular complexity index is 354. The minimum absolute atomic E-state index is 0.193. The Morgan fingerprint density at radius 3 is 3.12 bits per heavy atom. The Kier molecular flexibility index (Phi) is 3.98. The molecule has 2 heterocycles. The van der Waals surface area contributed by atoms with Crippen molar-refractivity contribution < 1.29 is 9.47 Å². The van der Waals surface area contributed by atoms with Crippen LogP contribution in [0, 0.1) is 0 Å². The summed E-state index contributed by atoms with van der Waals surface area (Å²) in [6, 6.07) is 3.50. The molecule has 16 heavy (non-hydrogen) atoms. The summed E-state index contributed by atoms with van der Waals surface area (Å²) in [6.07, 6.45) is 2.35. The van der Waals surface area contributed by atoms with E-state index in [1.54, 1.807) is 12.1 Å². The van der Waals surface area contributed by atoms with E-state index in [9.17, 15) is 0 Å². The van der Waals surface area contributed by atoms with Crippen LogP contribution in [0.25, 0.3) is 0 Å². The summed E-state index contributed by atoms with van der Waals surface area (Å²) in [4.78, 5) is 4.22. The third-order valence-electron chi connectivity index (χ3n) is 2.53. The van der Waals surface area contributed by atoms with Gasteiger partial charge in [-0.25, -0.2) is 4.98 Å². The minimum atomic E-state index is 0.193. The largest absolute Gasteiger partial charge is 0.475 e. The molecule has 88 valence electrons. The van der Waals surface area contributed by atoms with Crippen LogP contribution in [0.1, 0.15) is 18.5 Å². The summed E-state index contributed by atoms with van der Waals surface area (Å²) in [5.74, 6) is 0.556. The molecule has 1 atom stereocenters. The molecule has 0 aliphatic carbocycles. The first-order chi connectivity index (χ1) is 7.79. The predicted octanol–water partition coefficient (Wildman–Crippen LogP) is 1.75. The van der Waals surface area contributed by atoms with Gasteiger partial charge in [0.25, 0.3) is 0 Å². The van der Waals surface area contributed by atoms with Gasteiger partial charge in [0.1, 0.15) is 6.61 Å². The van der Waals surface area contributed by atoms with Crippen LogP contribution in [0.3, 0.4) is 0 Å². The summed E-state index contributed by atoms with van der Waals surface area (Å²) in [7, 11) is 0. The van der Waals surface area contributed by atoms with Crippen molar-refractivity contribution in [1.29, 1.82) is 0 Å². The highest BCUT2D eigenvalue weighted by atomic mass is 35.5. The quantitative estimate of drug-likeness (QED) is 0.874. The fourth-order valence-corrected chi connectivity index (χ4v) is 1.82. The predicted molar refractivity (Wildman–Crippen MR) is 61.6 cm³/mol. The van der Waals surface area contributed by atoms with Gasteiger partial charge >= 0.3 is 0 Å². The average Bonchev–Trinajstić information content (AvgIpc) is 2.81. The molecule has 0 aromatic carbocycles. The van der Waals surface area contributed by atoms with E-state index >= 15 is 0 Å². The summed E-state index contributed by atoms with van der Waals surface area (Å²) >= 11 is 5.90. The molecule has 1 aromatic heterocycles. The summed E-state index contributed by atoms with van der Waals surface area (Å²) in [5.41, 5.74) is 6.17. The fourth-order valence-electron chi connectivity index (χ4n) is 1.64. The van der Waals surface area contributed by atoms with E-state index in [2.05, 4.69) is 4.98 Å². The molecule has 1 fully saturated rings. The zero-order valence-electron chi connectivity index (χ0n) is 8.99. The fraction of sp³-hybridized carbons (Fsp3) is 0.545. The number of nitrogens with two attached hydrogens (primary N) is 1. The van der Waals surface area contributed by atoms with Crippen molar-refractivity contribution in [2.75, 3.05) is 13.2 Å². The van der Waals surface area contributed by atoms with Crippen molar-refractivity contribution in [3.63, 3.8) is 0 Å². The van der Waals surface area contributed by atoms with Crippen molar-refractivity contribution in [2.45, 2.75) is 25.5 Å². The van der Waals surface area contributed by atoms with Crippen molar-refractivity contribution in [3.05, 3.63) is 22.8 Å². The van der Waals surface area contributed by atoms with E-state index in [4.69, 9.17) is 26.8 Å². The van der Waals surface area contributed by atoms with Crippen molar-refractivity contribution >= 4 is 11.6 Å². The van der Waals surface area contributed by atoms with Gasteiger partial charge in [-0.15, -0.1) is 0 Å². The zero-order valence-corrected chi connectivity index (χ0v) is 9.74. The number of rotatable bonds is 4.